The van der Waals surface area contributed by atoms with Gasteiger partial charge in [0.2, 0.25) is 5.91 Å². The molecule has 0 aliphatic carbocycles. The molecule has 0 saturated heterocycles. The Morgan fingerprint density at radius 1 is 1.06 bits per heavy atom. The van der Waals surface area contributed by atoms with Gasteiger partial charge in [-0.2, -0.15) is 5.10 Å². The van der Waals surface area contributed by atoms with Crippen molar-refractivity contribution in [1.29, 1.82) is 0 Å². The fourth-order valence-corrected chi connectivity index (χ4v) is 3.67. The monoisotopic (exact) mass is 451 g/mol. The predicted molar refractivity (Wildman–Crippen MR) is 122 cm³/mol. The Morgan fingerprint density at radius 2 is 1.79 bits per heavy atom. The van der Waals surface area contributed by atoms with Gasteiger partial charge in [-0.1, -0.05) is 17.7 Å². The van der Waals surface area contributed by atoms with Crippen LogP contribution in [-0.4, -0.2) is 25.2 Å². The molecule has 1 N–H and O–H groups in total. The number of nitrogens with zero attached hydrogens (tertiary/aromatic N) is 4. The zero-order chi connectivity index (χ0) is 23.7. The van der Waals surface area contributed by atoms with Gasteiger partial charge in [0.05, 0.1) is 11.4 Å². The van der Waals surface area contributed by atoms with E-state index in [0.717, 1.165) is 23.4 Å². The van der Waals surface area contributed by atoms with Crippen LogP contribution in [0.25, 0.3) is 16.9 Å². The summed E-state index contributed by atoms with van der Waals surface area (Å²) in [6.07, 6.45) is 0.0566. The van der Waals surface area contributed by atoms with Crippen LogP contribution in [0.4, 0.5) is 14.5 Å². The second kappa shape index (κ2) is 8.93. The molecule has 170 valence electrons. The lowest BCUT2D eigenvalue weighted by Crippen LogP contribution is -2.27. The van der Waals surface area contributed by atoms with Crippen molar-refractivity contribution in [2.24, 2.45) is 0 Å². The van der Waals surface area contributed by atoms with E-state index < -0.39 is 17.5 Å². The van der Waals surface area contributed by atoms with E-state index in [4.69, 9.17) is 0 Å². The SMILES string of the molecule is CCn1c(=O)c(CCC(=O)Nc2ccc(F)c(F)c2)nc2c(C)nn(-c3ccc(C)cc3)c21. The van der Waals surface area contributed by atoms with Gasteiger partial charge in [0.25, 0.3) is 5.56 Å². The van der Waals surface area contributed by atoms with Crippen molar-refractivity contribution in [3.05, 3.63) is 81.4 Å². The van der Waals surface area contributed by atoms with Gasteiger partial charge in [-0.25, -0.2) is 18.4 Å². The molecule has 0 radical (unpaired) electrons. The van der Waals surface area contributed by atoms with Gasteiger partial charge in [-0.15, -0.1) is 0 Å². The fraction of sp³-hybridized carbons (Fsp3) is 0.250. The quantitative estimate of drug-likeness (QED) is 0.479. The highest BCUT2D eigenvalue weighted by Gasteiger charge is 2.19. The largest absolute Gasteiger partial charge is 0.326 e. The number of fused-ring (bicyclic) bond motifs is 1. The molecule has 2 aromatic heterocycles. The van der Waals surface area contributed by atoms with Crippen molar-refractivity contribution in [2.45, 2.75) is 40.2 Å². The number of carbonyl (C=O) groups is 1. The lowest BCUT2D eigenvalue weighted by Gasteiger charge is -2.11. The molecule has 2 aromatic carbocycles. The maximum Gasteiger partial charge on any atom is 0.273 e. The minimum Gasteiger partial charge on any atom is -0.326 e. The van der Waals surface area contributed by atoms with E-state index >= 15 is 0 Å². The highest BCUT2D eigenvalue weighted by molar-refractivity contribution is 5.90. The maximum absolute atomic E-state index is 13.4. The molecule has 4 rings (SSSR count). The molecular formula is C24H23F2N5O2. The number of anilines is 1. The van der Waals surface area contributed by atoms with Crippen LogP contribution >= 0.6 is 0 Å². The van der Waals surface area contributed by atoms with E-state index in [9.17, 15) is 18.4 Å². The molecule has 2 heterocycles. The molecule has 7 nitrogen and oxygen atoms in total. The van der Waals surface area contributed by atoms with Crippen molar-refractivity contribution in [3.63, 3.8) is 0 Å². The number of aromatic nitrogens is 4. The van der Waals surface area contributed by atoms with Crippen molar-refractivity contribution in [1.82, 2.24) is 19.3 Å². The Hall–Kier alpha value is -3.88. The molecule has 9 heteroatoms. The van der Waals surface area contributed by atoms with E-state index in [1.165, 1.54) is 6.07 Å². The first kappa shape index (κ1) is 22.3. The summed E-state index contributed by atoms with van der Waals surface area (Å²) in [5, 5.41) is 7.10. The molecule has 0 aliphatic rings. The summed E-state index contributed by atoms with van der Waals surface area (Å²) in [6, 6.07) is 10.9. The standard InChI is InChI=1S/C24H23F2N5O2/c1-4-30-23-22(15(3)29-31(23)17-8-5-14(2)6-9-17)28-20(24(30)33)11-12-21(32)27-16-7-10-18(25)19(26)13-16/h5-10,13H,4,11-12H2,1-3H3,(H,27,32). The van der Waals surface area contributed by atoms with Gasteiger partial charge in [0.15, 0.2) is 17.3 Å². The third-order valence-corrected chi connectivity index (χ3v) is 5.39. The minimum atomic E-state index is -1.05. The number of hydrogen-bond donors (Lipinski definition) is 1. The number of halogens is 2. The zero-order valence-corrected chi connectivity index (χ0v) is 18.5. The van der Waals surface area contributed by atoms with Crippen molar-refractivity contribution < 1.29 is 13.6 Å². The van der Waals surface area contributed by atoms with Gasteiger partial charge in [0.1, 0.15) is 11.2 Å². The van der Waals surface area contributed by atoms with Crippen LogP contribution in [0.15, 0.2) is 47.3 Å². The molecule has 0 unspecified atom stereocenters. The molecule has 1 amide bonds. The van der Waals surface area contributed by atoms with Crippen LogP contribution in [0.5, 0.6) is 0 Å². The normalized spacial score (nSPS) is 11.2. The second-order valence-corrected chi connectivity index (χ2v) is 7.79. The number of hydrogen-bond acceptors (Lipinski definition) is 4. The number of aryl methyl sites for hydroxylation is 4. The van der Waals surface area contributed by atoms with Gasteiger partial charge in [-0.3, -0.25) is 14.2 Å². The topological polar surface area (TPSA) is 81.8 Å². The van der Waals surface area contributed by atoms with Gasteiger partial charge in [0, 0.05) is 31.1 Å². The summed E-state index contributed by atoms with van der Waals surface area (Å²) in [4.78, 5) is 30.0. The third kappa shape index (κ3) is 4.39. The van der Waals surface area contributed by atoms with Gasteiger partial charge in [-0.05, 0) is 45.0 Å². The van der Waals surface area contributed by atoms with E-state index in [1.54, 1.807) is 9.25 Å². The van der Waals surface area contributed by atoms with Crippen LogP contribution in [0.1, 0.15) is 30.3 Å². The van der Waals surface area contributed by atoms with E-state index in [1.807, 2.05) is 45.0 Å². The van der Waals surface area contributed by atoms with Gasteiger partial charge < -0.3 is 5.32 Å². The van der Waals surface area contributed by atoms with Crippen LogP contribution < -0.4 is 10.9 Å². The van der Waals surface area contributed by atoms with Gasteiger partial charge >= 0.3 is 0 Å². The van der Waals surface area contributed by atoms with E-state index in [2.05, 4.69) is 15.4 Å². The summed E-state index contributed by atoms with van der Waals surface area (Å²) in [5.41, 5.74) is 3.88. The summed E-state index contributed by atoms with van der Waals surface area (Å²) in [5.74, 6) is -2.48. The fourth-order valence-electron chi connectivity index (χ4n) is 3.67. The lowest BCUT2D eigenvalue weighted by molar-refractivity contribution is -0.116. The third-order valence-electron chi connectivity index (χ3n) is 5.39. The molecule has 0 atom stereocenters. The summed E-state index contributed by atoms with van der Waals surface area (Å²) < 4.78 is 29.7. The first-order valence-corrected chi connectivity index (χ1v) is 10.6. The molecule has 0 bridgehead atoms. The van der Waals surface area contributed by atoms with E-state index in [0.29, 0.717) is 23.4 Å². The summed E-state index contributed by atoms with van der Waals surface area (Å²) in [7, 11) is 0. The molecule has 0 aliphatic heterocycles. The molecule has 0 spiro atoms. The number of nitrogens with one attached hydrogen (secondary N) is 1. The Balaban J connectivity index is 1.63. The Morgan fingerprint density at radius 3 is 2.45 bits per heavy atom. The van der Waals surface area contributed by atoms with Crippen LogP contribution in [0.3, 0.4) is 0 Å². The number of rotatable bonds is 6. The van der Waals surface area contributed by atoms with Crippen molar-refractivity contribution in [3.8, 4) is 5.69 Å². The van der Waals surface area contributed by atoms with Crippen LogP contribution in [0.2, 0.25) is 0 Å². The first-order valence-electron chi connectivity index (χ1n) is 10.6. The Kier molecular flexibility index (Phi) is 6.04. The first-order chi connectivity index (χ1) is 15.8. The molecular weight excluding hydrogens is 428 g/mol. The Labute approximate surface area is 188 Å². The average molecular weight is 451 g/mol. The maximum atomic E-state index is 13.4. The molecule has 4 aromatic rings. The summed E-state index contributed by atoms with van der Waals surface area (Å²) >= 11 is 0. The molecule has 0 fully saturated rings. The molecule has 33 heavy (non-hydrogen) atoms. The Bertz CT molecular complexity index is 1410. The minimum absolute atomic E-state index is 0.0401. The predicted octanol–water partition coefficient (Wildman–Crippen LogP) is 4.07. The smallest absolute Gasteiger partial charge is 0.273 e. The van der Waals surface area contributed by atoms with Crippen molar-refractivity contribution >= 4 is 22.8 Å². The average Bonchev–Trinajstić information content (AvgIpc) is 3.11. The summed E-state index contributed by atoms with van der Waals surface area (Å²) in [6.45, 7) is 6.09. The molecule has 0 saturated carbocycles. The highest BCUT2D eigenvalue weighted by atomic mass is 19.2. The van der Waals surface area contributed by atoms with E-state index in [-0.39, 0.29) is 29.8 Å². The highest BCUT2D eigenvalue weighted by Crippen LogP contribution is 2.20. The second-order valence-electron chi connectivity index (χ2n) is 7.79. The number of amides is 1. The van der Waals surface area contributed by atoms with Crippen LogP contribution in [0, 0.1) is 25.5 Å². The van der Waals surface area contributed by atoms with Crippen LogP contribution in [-0.2, 0) is 17.8 Å². The zero-order valence-electron chi connectivity index (χ0n) is 18.5. The number of benzene rings is 2. The number of carbonyl (C=O) groups excluding carboxylic acids is 1. The van der Waals surface area contributed by atoms with Crippen molar-refractivity contribution in [2.75, 3.05) is 5.32 Å². The lowest BCUT2D eigenvalue weighted by atomic mass is 10.2.